The van der Waals surface area contributed by atoms with Gasteiger partial charge in [0.05, 0.1) is 12.6 Å². The summed E-state index contributed by atoms with van der Waals surface area (Å²) in [4.78, 5) is 31.0. The molecule has 6 heteroatoms. The Morgan fingerprint density at radius 2 is 1.97 bits per heavy atom. The molecule has 1 aromatic carbocycles. The quantitative estimate of drug-likeness (QED) is 0.589. The van der Waals surface area contributed by atoms with Gasteiger partial charge >= 0.3 is 0 Å². The summed E-state index contributed by atoms with van der Waals surface area (Å²) < 4.78 is 13.5. The van der Waals surface area contributed by atoms with E-state index in [-0.39, 0.29) is 36.1 Å². The third-order valence-corrected chi connectivity index (χ3v) is 6.51. The van der Waals surface area contributed by atoms with Crippen LogP contribution in [0.5, 0.6) is 0 Å². The lowest BCUT2D eigenvalue weighted by Gasteiger charge is -2.37. The van der Waals surface area contributed by atoms with E-state index in [1.807, 2.05) is 18.7 Å². The fourth-order valence-corrected chi connectivity index (χ4v) is 4.87. The van der Waals surface area contributed by atoms with Crippen LogP contribution in [0.1, 0.15) is 62.1 Å². The number of hydrogen-bond acceptors (Lipinski definition) is 3. The molecule has 0 radical (unpaired) electrons. The maximum Gasteiger partial charge on any atom is 0.242 e. The standard InChI is InChI=1S/C24H31FN2O2S/c1-4-5-12-26(22(28)15-17(2)3)16-23(29)27-13-10-21-20(11-14-30-21)24(27)18-6-8-19(25)9-7-18/h6-9,11,14,17,24H,4-5,10,12-13,15-16H2,1-3H3/t24-/m1/s1. The van der Waals surface area contributed by atoms with Gasteiger partial charge in [0.15, 0.2) is 0 Å². The van der Waals surface area contributed by atoms with Gasteiger partial charge in [-0.15, -0.1) is 11.3 Å². The van der Waals surface area contributed by atoms with E-state index in [2.05, 4.69) is 18.4 Å². The highest BCUT2D eigenvalue weighted by molar-refractivity contribution is 7.10. The Bertz CT molecular complexity index is 862. The summed E-state index contributed by atoms with van der Waals surface area (Å²) in [7, 11) is 0. The van der Waals surface area contributed by atoms with Crippen LogP contribution in [0.3, 0.4) is 0 Å². The number of rotatable bonds is 8. The number of carbonyl (C=O) groups excluding carboxylic acids is 2. The highest BCUT2D eigenvalue weighted by atomic mass is 32.1. The van der Waals surface area contributed by atoms with Crippen LogP contribution in [0.15, 0.2) is 35.7 Å². The van der Waals surface area contributed by atoms with Gasteiger partial charge < -0.3 is 9.80 Å². The van der Waals surface area contributed by atoms with Gasteiger partial charge in [-0.1, -0.05) is 39.3 Å². The van der Waals surface area contributed by atoms with Crippen molar-refractivity contribution in [3.63, 3.8) is 0 Å². The summed E-state index contributed by atoms with van der Waals surface area (Å²) in [5, 5.41) is 2.05. The summed E-state index contributed by atoms with van der Waals surface area (Å²) in [5.74, 6) is -0.0391. The lowest BCUT2D eigenvalue weighted by Crippen LogP contribution is -2.47. The molecule has 4 nitrogen and oxygen atoms in total. The van der Waals surface area contributed by atoms with E-state index in [1.54, 1.807) is 28.4 Å². The van der Waals surface area contributed by atoms with E-state index >= 15 is 0 Å². The normalized spacial score (nSPS) is 15.9. The highest BCUT2D eigenvalue weighted by Gasteiger charge is 2.34. The average Bonchev–Trinajstić information content (AvgIpc) is 3.19. The molecule has 0 unspecified atom stereocenters. The average molecular weight is 431 g/mol. The van der Waals surface area contributed by atoms with Crippen molar-refractivity contribution in [2.45, 2.75) is 52.5 Å². The van der Waals surface area contributed by atoms with Gasteiger partial charge in [0.1, 0.15) is 5.82 Å². The molecule has 0 bridgehead atoms. The van der Waals surface area contributed by atoms with Gasteiger partial charge in [0, 0.05) is 24.4 Å². The smallest absolute Gasteiger partial charge is 0.242 e. The van der Waals surface area contributed by atoms with Crippen LogP contribution in [0.2, 0.25) is 0 Å². The topological polar surface area (TPSA) is 40.6 Å². The number of fused-ring (bicyclic) bond motifs is 1. The van der Waals surface area contributed by atoms with E-state index in [1.165, 1.54) is 17.0 Å². The molecule has 0 saturated heterocycles. The van der Waals surface area contributed by atoms with Crippen molar-refractivity contribution in [3.8, 4) is 0 Å². The molecule has 3 rings (SSSR count). The molecule has 0 aliphatic carbocycles. The lowest BCUT2D eigenvalue weighted by molar-refractivity contribution is -0.142. The molecule has 2 amide bonds. The molecule has 0 fully saturated rings. The highest BCUT2D eigenvalue weighted by Crippen LogP contribution is 2.37. The summed E-state index contributed by atoms with van der Waals surface area (Å²) in [6.45, 7) is 7.43. The molecule has 0 spiro atoms. The Balaban J connectivity index is 1.84. The molecule has 162 valence electrons. The number of carbonyl (C=O) groups is 2. The van der Waals surface area contributed by atoms with Crippen molar-refractivity contribution in [2.75, 3.05) is 19.6 Å². The molecule has 1 aromatic heterocycles. The van der Waals surface area contributed by atoms with Crippen LogP contribution < -0.4 is 0 Å². The van der Waals surface area contributed by atoms with Crippen LogP contribution >= 0.6 is 11.3 Å². The zero-order valence-electron chi connectivity index (χ0n) is 18.1. The Labute approximate surface area is 182 Å². The zero-order valence-corrected chi connectivity index (χ0v) is 18.9. The second-order valence-electron chi connectivity index (χ2n) is 8.36. The Morgan fingerprint density at radius 1 is 1.23 bits per heavy atom. The van der Waals surface area contributed by atoms with Crippen LogP contribution in [0.25, 0.3) is 0 Å². The molecule has 2 heterocycles. The first-order chi connectivity index (χ1) is 14.4. The largest absolute Gasteiger partial charge is 0.333 e. The minimum Gasteiger partial charge on any atom is -0.333 e. The van der Waals surface area contributed by atoms with Crippen molar-refractivity contribution >= 4 is 23.2 Å². The molecule has 30 heavy (non-hydrogen) atoms. The van der Waals surface area contributed by atoms with Gasteiger partial charge in [-0.3, -0.25) is 9.59 Å². The number of amides is 2. The summed E-state index contributed by atoms with van der Waals surface area (Å²) in [6.07, 6.45) is 3.12. The van der Waals surface area contributed by atoms with E-state index < -0.39 is 0 Å². The molecular formula is C24H31FN2O2S. The molecule has 1 aliphatic rings. The lowest BCUT2D eigenvalue weighted by atomic mass is 9.93. The fraction of sp³-hybridized carbons (Fsp3) is 0.500. The predicted octanol–water partition coefficient (Wildman–Crippen LogP) is 5.04. The molecule has 2 aromatic rings. The van der Waals surface area contributed by atoms with Crippen LogP contribution in [0, 0.1) is 11.7 Å². The van der Waals surface area contributed by atoms with Gasteiger partial charge in [-0.2, -0.15) is 0 Å². The fourth-order valence-electron chi connectivity index (χ4n) is 3.96. The first kappa shape index (κ1) is 22.5. The number of thiophene rings is 1. The van der Waals surface area contributed by atoms with Gasteiger partial charge in [0.2, 0.25) is 11.8 Å². The van der Waals surface area contributed by atoms with Gasteiger partial charge in [-0.25, -0.2) is 4.39 Å². The number of unbranched alkanes of at least 4 members (excludes halogenated alkanes) is 1. The van der Waals surface area contributed by atoms with E-state index in [0.717, 1.165) is 30.4 Å². The number of nitrogens with zero attached hydrogens (tertiary/aromatic N) is 2. The van der Waals surface area contributed by atoms with Gasteiger partial charge in [-0.05, 0) is 53.5 Å². The van der Waals surface area contributed by atoms with Crippen molar-refractivity contribution < 1.29 is 14.0 Å². The van der Waals surface area contributed by atoms with Crippen molar-refractivity contribution in [1.82, 2.24) is 9.80 Å². The van der Waals surface area contributed by atoms with Gasteiger partial charge in [0.25, 0.3) is 0 Å². The third-order valence-electron chi connectivity index (χ3n) is 5.52. The van der Waals surface area contributed by atoms with Crippen molar-refractivity contribution in [3.05, 3.63) is 57.5 Å². The summed E-state index contributed by atoms with van der Waals surface area (Å²) in [5.41, 5.74) is 2.01. The zero-order chi connectivity index (χ0) is 21.7. The second kappa shape index (κ2) is 10.2. The molecule has 1 aliphatic heterocycles. The number of benzene rings is 1. The molecular weight excluding hydrogens is 399 g/mol. The third kappa shape index (κ3) is 5.28. The van der Waals surface area contributed by atoms with E-state index in [4.69, 9.17) is 0 Å². The maximum absolute atomic E-state index is 13.5. The maximum atomic E-state index is 13.5. The van der Waals surface area contributed by atoms with Crippen molar-refractivity contribution in [1.29, 1.82) is 0 Å². The molecule has 1 atom stereocenters. The second-order valence-corrected chi connectivity index (χ2v) is 9.36. The Morgan fingerprint density at radius 3 is 2.63 bits per heavy atom. The molecule has 0 N–H and O–H groups in total. The van der Waals surface area contributed by atoms with Crippen molar-refractivity contribution in [2.24, 2.45) is 5.92 Å². The first-order valence-electron chi connectivity index (χ1n) is 10.8. The number of halogens is 1. The summed E-state index contributed by atoms with van der Waals surface area (Å²) in [6, 6.07) is 8.22. The van der Waals surface area contributed by atoms with Crippen LogP contribution in [-0.4, -0.2) is 41.2 Å². The summed E-state index contributed by atoms with van der Waals surface area (Å²) >= 11 is 1.70. The minimum absolute atomic E-state index is 0.0402. The SMILES string of the molecule is CCCCN(CC(=O)N1CCc2sccc2[C@H]1c1ccc(F)cc1)C(=O)CC(C)C. The molecule has 0 saturated carbocycles. The predicted molar refractivity (Wildman–Crippen MR) is 119 cm³/mol. The first-order valence-corrected chi connectivity index (χ1v) is 11.7. The van der Waals surface area contributed by atoms with Crippen LogP contribution in [-0.2, 0) is 16.0 Å². The monoisotopic (exact) mass is 430 g/mol. The Hall–Kier alpha value is -2.21. The van der Waals surface area contributed by atoms with Crippen LogP contribution in [0.4, 0.5) is 4.39 Å². The number of hydrogen-bond donors (Lipinski definition) is 0. The Kier molecular flexibility index (Phi) is 7.64. The van der Waals surface area contributed by atoms with E-state index in [9.17, 15) is 14.0 Å². The van der Waals surface area contributed by atoms with E-state index in [0.29, 0.717) is 19.5 Å². The minimum atomic E-state index is -0.289.